The van der Waals surface area contributed by atoms with Crippen LogP contribution in [0, 0.1) is 10.8 Å². The smallest absolute Gasteiger partial charge is 0.269 e. The summed E-state index contributed by atoms with van der Waals surface area (Å²) in [6.07, 6.45) is 6.62. The maximum atomic E-state index is 12.0. The topological polar surface area (TPSA) is 133 Å². The van der Waals surface area contributed by atoms with E-state index in [4.69, 9.17) is 15.9 Å². The molecule has 1 saturated carbocycles. The van der Waals surface area contributed by atoms with Gasteiger partial charge >= 0.3 is 0 Å². The standard InChI is InChI=1S/C30H26N8O/c1-2-33-27(39)25-10-8-22(17-35-25)19-5-3-6-20(15-19)26-18-36-29(32)38(37-26)28(31)30(12-13-30)23-9-11-24-21(16-23)7-4-14-34-24/h3-11,14-18,31-32H,2,12-13H2,1H3,(H,33,39). The zero-order valence-electron chi connectivity index (χ0n) is 21.3. The van der Waals surface area contributed by atoms with Crippen LogP contribution in [0.25, 0.3) is 33.3 Å². The summed E-state index contributed by atoms with van der Waals surface area (Å²) < 4.78 is 1.34. The number of aromatic nitrogens is 5. The van der Waals surface area contributed by atoms with Crippen LogP contribution in [-0.4, -0.2) is 43.0 Å². The Labute approximate surface area is 224 Å². The molecule has 192 valence electrons. The molecule has 1 amide bonds. The predicted octanol–water partition coefficient (Wildman–Crippen LogP) is 4.34. The first-order valence-electron chi connectivity index (χ1n) is 12.8. The second kappa shape index (κ2) is 9.68. The second-order valence-electron chi connectivity index (χ2n) is 9.59. The van der Waals surface area contributed by atoms with Gasteiger partial charge in [0.05, 0.1) is 17.1 Å². The van der Waals surface area contributed by atoms with Gasteiger partial charge in [0.2, 0.25) is 5.62 Å². The van der Waals surface area contributed by atoms with Crippen molar-refractivity contribution in [1.82, 2.24) is 30.0 Å². The summed E-state index contributed by atoms with van der Waals surface area (Å²) in [7, 11) is 0. The second-order valence-corrected chi connectivity index (χ2v) is 9.59. The minimum absolute atomic E-state index is 0.0845. The molecule has 0 spiro atoms. The Balaban J connectivity index is 1.31. The van der Waals surface area contributed by atoms with Crippen molar-refractivity contribution in [3.05, 3.63) is 102 Å². The molecule has 3 aromatic heterocycles. The molecule has 0 aliphatic heterocycles. The third-order valence-electron chi connectivity index (χ3n) is 7.11. The highest BCUT2D eigenvalue weighted by Gasteiger charge is 2.50. The average molecular weight is 515 g/mol. The summed E-state index contributed by atoms with van der Waals surface area (Å²) >= 11 is 0. The molecule has 1 fully saturated rings. The molecular formula is C30H26N8O. The number of amides is 1. The molecule has 0 bridgehead atoms. The highest BCUT2D eigenvalue weighted by molar-refractivity contribution is 5.96. The van der Waals surface area contributed by atoms with E-state index in [1.54, 1.807) is 24.7 Å². The minimum Gasteiger partial charge on any atom is -0.351 e. The van der Waals surface area contributed by atoms with E-state index in [2.05, 4.69) is 26.3 Å². The van der Waals surface area contributed by atoms with Gasteiger partial charge in [0, 0.05) is 35.5 Å². The Morgan fingerprint density at radius 3 is 2.56 bits per heavy atom. The van der Waals surface area contributed by atoms with Gasteiger partial charge in [-0.15, -0.1) is 0 Å². The third-order valence-corrected chi connectivity index (χ3v) is 7.11. The lowest BCUT2D eigenvalue weighted by Gasteiger charge is -2.19. The minimum atomic E-state index is -0.503. The number of nitrogens with one attached hydrogen (secondary N) is 3. The van der Waals surface area contributed by atoms with Crippen molar-refractivity contribution in [3.8, 4) is 22.4 Å². The van der Waals surface area contributed by atoms with Crippen LogP contribution in [0.3, 0.4) is 0 Å². The normalized spacial score (nSPS) is 13.7. The molecule has 5 aromatic rings. The van der Waals surface area contributed by atoms with Gasteiger partial charge in [-0.2, -0.15) is 9.78 Å². The molecule has 3 heterocycles. The Morgan fingerprint density at radius 2 is 1.79 bits per heavy atom. The van der Waals surface area contributed by atoms with Crippen LogP contribution in [0.5, 0.6) is 0 Å². The monoisotopic (exact) mass is 514 g/mol. The Hall–Kier alpha value is -5.05. The zero-order valence-corrected chi connectivity index (χ0v) is 21.3. The molecule has 0 atom stereocenters. The number of hydrogen-bond donors (Lipinski definition) is 3. The highest BCUT2D eigenvalue weighted by atomic mass is 16.1. The maximum absolute atomic E-state index is 12.0. The summed E-state index contributed by atoms with van der Waals surface area (Å²) in [6, 6.07) is 21.3. The molecule has 6 rings (SSSR count). The number of carbonyl (C=O) groups is 1. The molecule has 0 radical (unpaired) electrons. The molecule has 3 N–H and O–H groups in total. The summed E-state index contributed by atoms with van der Waals surface area (Å²) in [5.41, 5.74) is 4.84. The number of nitrogens with zero attached hydrogens (tertiary/aromatic N) is 5. The summed E-state index contributed by atoms with van der Waals surface area (Å²) in [4.78, 5) is 25.0. The zero-order chi connectivity index (χ0) is 27.0. The van der Waals surface area contributed by atoms with Crippen molar-refractivity contribution in [1.29, 1.82) is 10.8 Å². The van der Waals surface area contributed by atoms with Gasteiger partial charge in [0.25, 0.3) is 5.91 Å². The average Bonchev–Trinajstić information content (AvgIpc) is 3.79. The fourth-order valence-corrected chi connectivity index (χ4v) is 4.82. The van der Waals surface area contributed by atoms with Gasteiger partial charge in [-0.25, -0.2) is 4.98 Å². The molecule has 9 nitrogen and oxygen atoms in total. The lowest BCUT2D eigenvalue weighted by atomic mass is 9.93. The highest BCUT2D eigenvalue weighted by Crippen LogP contribution is 2.49. The van der Waals surface area contributed by atoms with Crippen LogP contribution in [0.2, 0.25) is 0 Å². The van der Waals surface area contributed by atoms with Gasteiger partial charge < -0.3 is 5.32 Å². The van der Waals surface area contributed by atoms with E-state index in [0.717, 1.165) is 46.0 Å². The van der Waals surface area contributed by atoms with E-state index >= 15 is 0 Å². The van der Waals surface area contributed by atoms with Crippen LogP contribution in [0.15, 0.2) is 85.3 Å². The van der Waals surface area contributed by atoms with Crippen LogP contribution in [0.4, 0.5) is 0 Å². The Bertz CT molecular complexity index is 1790. The molecule has 1 aliphatic rings. The van der Waals surface area contributed by atoms with Crippen LogP contribution >= 0.6 is 0 Å². The van der Waals surface area contributed by atoms with Crippen molar-refractivity contribution in [2.75, 3.05) is 6.54 Å². The first-order chi connectivity index (χ1) is 19.0. The number of rotatable bonds is 6. The summed E-state index contributed by atoms with van der Waals surface area (Å²) in [5.74, 6) is 0.0377. The van der Waals surface area contributed by atoms with E-state index in [9.17, 15) is 4.79 Å². The number of benzene rings is 2. The van der Waals surface area contributed by atoms with E-state index in [1.165, 1.54) is 4.68 Å². The lowest BCUT2D eigenvalue weighted by molar-refractivity contribution is 0.0951. The van der Waals surface area contributed by atoms with Crippen molar-refractivity contribution in [3.63, 3.8) is 0 Å². The third kappa shape index (κ3) is 4.48. The van der Waals surface area contributed by atoms with E-state index in [1.807, 2.05) is 61.5 Å². The predicted molar refractivity (Wildman–Crippen MR) is 148 cm³/mol. The number of carbonyl (C=O) groups excluding carboxylic acids is 1. The van der Waals surface area contributed by atoms with Crippen LogP contribution in [-0.2, 0) is 5.41 Å². The number of hydrogen-bond acceptors (Lipinski definition) is 7. The molecular weight excluding hydrogens is 488 g/mol. The first-order valence-corrected chi connectivity index (χ1v) is 12.8. The van der Waals surface area contributed by atoms with Crippen molar-refractivity contribution >= 4 is 22.6 Å². The van der Waals surface area contributed by atoms with Gasteiger partial charge in [-0.3, -0.25) is 25.6 Å². The lowest BCUT2D eigenvalue weighted by Crippen LogP contribution is -2.38. The van der Waals surface area contributed by atoms with Gasteiger partial charge in [-0.1, -0.05) is 36.4 Å². The van der Waals surface area contributed by atoms with Gasteiger partial charge in [0.1, 0.15) is 17.2 Å². The summed E-state index contributed by atoms with van der Waals surface area (Å²) in [6.45, 7) is 2.41. The molecule has 39 heavy (non-hydrogen) atoms. The quantitative estimate of drug-likeness (QED) is 0.229. The molecule has 1 aliphatic carbocycles. The van der Waals surface area contributed by atoms with E-state index in [-0.39, 0.29) is 17.4 Å². The Morgan fingerprint density at radius 1 is 0.949 bits per heavy atom. The number of fused-ring (bicyclic) bond motifs is 1. The van der Waals surface area contributed by atoms with Crippen molar-refractivity contribution in [2.45, 2.75) is 25.2 Å². The molecule has 2 aromatic carbocycles. The fraction of sp³-hybridized carbons (Fsp3) is 0.167. The maximum Gasteiger partial charge on any atom is 0.269 e. The molecule has 9 heteroatoms. The Kier molecular flexibility index (Phi) is 6.03. The fourth-order valence-electron chi connectivity index (χ4n) is 4.82. The van der Waals surface area contributed by atoms with E-state index in [0.29, 0.717) is 17.9 Å². The van der Waals surface area contributed by atoms with E-state index < -0.39 is 5.41 Å². The van der Waals surface area contributed by atoms with Crippen molar-refractivity contribution in [2.24, 2.45) is 0 Å². The van der Waals surface area contributed by atoms with Gasteiger partial charge in [0.15, 0.2) is 0 Å². The molecule has 0 unspecified atom stereocenters. The van der Waals surface area contributed by atoms with Crippen LogP contribution in [0.1, 0.15) is 35.8 Å². The van der Waals surface area contributed by atoms with Gasteiger partial charge in [-0.05, 0) is 61.2 Å². The SMILES string of the molecule is CCNC(=O)c1ccc(-c2cccc(-c3cnc(=N)n(C(=N)C4(c5ccc6ncccc6c5)CC4)n3)c2)cn1. The molecule has 0 saturated heterocycles. The largest absolute Gasteiger partial charge is 0.351 e. The van der Waals surface area contributed by atoms with Crippen LogP contribution < -0.4 is 10.9 Å². The number of pyridine rings is 2. The first kappa shape index (κ1) is 24.3. The summed E-state index contributed by atoms with van der Waals surface area (Å²) in [5, 5.41) is 26.0. The van der Waals surface area contributed by atoms with Crippen molar-refractivity contribution < 1.29 is 4.79 Å².